The summed E-state index contributed by atoms with van der Waals surface area (Å²) in [6, 6.07) is 3.67. The molecule has 19 heavy (non-hydrogen) atoms. The van der Waals surface area contributed by atoms with Crippen molar-refractivity contribution in [2.24, 2.45) is 0 Å². The number of hydrogen-bond donors (Lipinski definition) is 1. The average Bonchev–Trinajstić information content (AvgIpc) is 2.39. The summed E-state index contributed by atoms with van der Waals surface area (Å²) >= 11 is 5.86. The molecule has 0 aliphatic carbocycles. The Hall–Kier alpha value is -1.65. The Bertz CT molecular complexity index is 534. The van der Waals surface area contributed by atoms with Crippen molar-refractivity contribution in [1.29, 1.82) is 0 Å². The maximum Gasteiger partial charge on any atom is 0.147 e. The number of aromatic nitrogens is 2. The first-order chi connectivity index (χ1) is 9.28. The molecule has 100 valence electrons. The van der Waals surface area contributed by atoms with Crippen LogP contribution in [0.1, 0.15) is 18.9 Å². The van der Waals surface area contributed by atoms with Crippen LogP contribution in [0.2, 0.25) is 5.02 Å². The second-order valence-electron chi connectivity index (χ2n) is 4.15. The molecule has 0 atom stereocenters. The largest absolute Gasteiger partial charge is 0.454 e. The van der Waals surface area contributed by atoms with Crippen LogP contribution in [-0.4, -0.2) is 16.5 Å². The number of hydrogen-bond acceptors (Lipinski definition) is 4. The van der Waals surface area contributed by atoms with E-state index in [0.29, 0.717) is 16.5 Å². The molecule has 2 aromatic heterocycles. The van der Waals surface area contributed by atoms with Gasteiger partial charge in [-0.25, -0.2) is 0 Å². The van der Waals surface area contributed by atoms with Crippen LogP contribution in [0.3, 0.4) is 0 Å². The third-order valence-electron chi connectivity index (χ3n) is 2.44. The lowest BCUT2D eigenvalue weighted by molar-refractivity contribution is 0.476. The third kappa shape index (κ3) is 4.50. The maximum atomic E-state index is 5.86. The zero-order valence-electron chi connectivity index (χ0n) is 10.8. The zero-order chi connectivity index (χ0) is 13.5. The highest BCUT2D eigenvalue weighted by molar-refractivity contribution is 6.30. The fourth-order valence-electron chi connectivity index (χ4n) is 1.61. The Labute approximate surface area is 117 Å². The molecule has 1 N–H and O–H groups in total. The van der Waals surface area contributed by atoms with Crippen molar-refractivity contribution in [3.63, 3.8) is 0 Å². The lowest BCUT2D eigenvalue weighted by Gasteiger charge is -2.07. The van der Waals surface area contributed by atoms with Gasteiger partial charge in [-0.2, -0.15) is 0 Å². The molecule has 4 nitrogen and oxygen atoms in total. The number of halogens is 1. The van der Waals surface area contributed by atoms with E-state index in [1.165, 1.54) is 0 Å². The summed E-state index contributed by atoms with van der Waals surface area (Å²) in [6.07, 6.45) is 7.79. The molecule has 0 unspecified atom stereocenters. The molecule has 2 rings (SSSR count). The van der Waals surface area contributed by atoms with E-state index in [1.54, 1.807) is 24.7 Å². The first-order valence-corrected chi connectivity index (χ1v) is 6.59. The highest BCUT2D eigenvalue weighted by Gasteiger charge is 2.01. The van der Waals surface area contributed by atoms with E-state index >= 15 is 0 Å². The van der Waals surface area contributed by atoms with E-state index in [-0.39, 0.29) is 0 Å². The summed E-state index contributed by atoms with van der Waals surface area (Å²) in [7, 11) is 0. The van der Waals surface area contributed by atoms with Crippen LogP contribution in [-0.2, 0) is 6.54 Å². The summed E-state index contributed by atoms with van der Waals surface area (Å²) in [5.74, 6) is 1.29. The molecule has 2 aromatic rings. The van der Waals surface area contributed by atoms with Gasteiger partial charge in [0, 0.05) is 25.0 Å². The predicted octanol–water partition coefficient (Wildman–Crippen LogP) is 3.42. The Morgan fingerprint density at radius 3 is 2.58 bits per heavy atom. The first kappa shape index (κ1) is 13.8. The zero-order valence-corrected chi connectivity index (χ0v) is 11.5. The molecule has 0 saturated heterocycles. The Kier molecular flexibility index (Phi) is 5.12. The minimum atomic E-state index is 0.547. The van der Waals surface area contributed by atoms with Gasteiger partial charge in [-0.05, 0) is 24.6 Å². The fourth-order valence-corrected chi connectivity index (χ4v) is 1.77. The minimum absolute atomic E-state index is 0.547. The van der Waals surface area contributed by atoms with E-state index in [9.17, 15) is 0 Å². The summed E-state index contributed by atoms with van der Waals surface area (Å²) in [5, 5.41) is 3.87. The molecule has 0 radical (unpaired) electrons. The smallest absolute Gasteiger partial charge is 0.147 e. The predicted molar refractivity (Wildman–Crippen MR) is 75.6 cm³/mol. The van der Waals surface area contributed by atoms with Gasteiger partial charge in [0.1, 0.15) is 11.5 Å². The van der Waals surface area contributed by atoms with Crippen LogP contribution in [0, 0.1) is 0 Å². The lowest BCUT2D eigenvalue weighted by Crippen LogP contribution is -2.13. The Morgan fingerprint density at radius 1 is 1.11 bits per heavy atom. The number of rotatable bonds is 6. The van der Waals surface area contributed by atoms with Crippen molar-refractivity contribution in [2.45, 2.75) is 19.9 Å². The number of ether oxygens (including phenoxy) is 1. The van der Waals surface area contributed by atoms with Gasteiger partial charge in [-0.3, -0.25) is 9.97 Å². The number of pyridine rings is 2. The Morgan fingerprint density at radius 2 is 1.84 bits per heavy atom. The SMILES string of the molecule is CCCNCc1cncc(Oc2cncc(Cl)c2)c1. The van der Waals surface area contributed by atoms with Gasteiger partial charge in [0.05, 0.1) is 17.4 Å². The molecular formula is C14H16ClN3O. The van der Waals surface area contributed by atoms with Crippen molar-refractivity contribution >= 4 is 11.6 Å². The minimum Gasteiger partial charge on any atom is -0.454 e. The molecule has 0 bridgehead atoms. The van der Waals surface area contributed by atoms with Crippen molar-refractivity contribution in [3.8, 4) is 11.5 Å². The average molecular weight is 278 g/mol. The highest BCUT2D eigenvalue weighted by atomic mass is 35.5. The van der Waals surface area contributed by atoms with E-state index in [0.717, 1.165) is 25.1 Å². The van der Waals surface area contributed by atoms with E-state index < -0.39 is 0 Å². The van der Waals surface area contributed by atoms with Gasteiger partial charge in [-0.15, -0.1) is 0 Å². The van der Waals surface area contributed by atoms with E-state index in [1.807, 2.05) is 12.3 Å². The molecule has 0 fully saturated rings. The fraction of sp³-hybridized carbons (Fsp3) is 0.286. The molecule has 5 heteroatoms. The normalized spacial score (nSPS) is 10.4. The van der Waals surface area contributed by atoms with Crippen molar-refractivity contribution in [2.75, 3.05) is 6.54 Å². The molecular weight excluding hydrogens is 262 g/mol. The third-order valence-corrected chi connectivity index (χ3v) is 2.65. The topological polar surface area (TPSA) is 47.0 Å². The van der Waals surface area contributed by atoms with Gasteiger partial charge >= 0.3 is 0 Å². The molecule has 0 amide bonds. The van der Waals surface area contributed by atoms with Gasteiger partial charge in [0.15, 0.2) is 0 Å². The van der Waals surface area contributed by atoms with Gasteiger partial charge in [0.25, 0.3) is 0 Å². The standard InChI is InChI=1S/C14H16ClN3O/c1-2-3-16-6-11-4-13(9-17-7-11)19-14-5-12(15)8-18-10-14/h4-5,7-10,16H,2-3,6H2,1H3. The van der Waals surface area contributed by atoms with E-state index in [2.05, 4.69) is 22.2 Å². The van der Waals surface area contributed by atoms with E-state index in [4.69, 9.17) is 16.3 Å². The second-order valence-corrected chi connectivity index (χ2v) is 4.58. The van der Waals surface area contributed by atoms with Crippen LogP contribution >= 0.6 is 11.6 Å². The lowest BCUT2D eigenvalue weighted by atomic mass is 10.2. The Balaban J connectivity index is 2.02. The summed E-state index contributed by atoms with van der Waals surface area (Å²) in [5.41, 5.74) is 1.08. The monoisotopic (exact) mass is 277 g/mol. The van der Waals surface area contributed by atoms with Gasteiger partial charge in [-0.1, -0.05) is 18.5 Å². The highest BCUT2D eigenvalue weighted by Crippen LogP contribution is 2.22. The van der Waals surface area contributed by atoms with Crippen molar-refractivity contribution < 1.29 is 4.74 Å². The summed E-state index contributed by atoms with van der Waals surface area (Å²) in [6.45, 7) is 3.91. The number of nitrogens with zero attached hydrogens (tertiary/aromatic N) is 2. The van der Waals surface area contributed by atoms with Crippen molar-refractivity contribution in [3.05, 3.63) is 47.5 Å². The first-order valence-electron chi connectivity index (χ1n) is 6.21. The van der Waals surface area contributed by atoms with Gasteiger partial charge in [0.2, 0.25) is 0 Å². The van der Waals surface area contributed by atoms with Crippen LogP contribution < -0.4 is 10.1 Å². The van der Waals surface area contributed by atoms with Crippen LogP contribution in [0.5, 0.6) is 11.5 Å². The van der Waals surface area contributed by atoms with Crippen LogP contribution in [0.15, 0.2) is 36.9 Å². The molecule has 0 aliphatic heterocycles. The quantitative estimate of drug-likeness (QED) is 0.822. The summed E-state index contributed by atoms with van der Waals surface area (Å²) < 4.78 is 5.67. The molecule has 2 heterocycles. The second kappa shape index (κ2) is 7.07. The molecule has 0 spiro atoms. The van der Waals surface area contributed by atoms with Crippen LogP contribution in [0.25, 0.3) is 0 Å². The molecule has 0 aromatic carbocycles. The molecule has 0 saturated carbocycles. The van der Waals surface area contributed by atoms with Gasteiger partial charge < -0.3 is 10.1 Å². The van der Waals surface area contributed by atoms with Crippen LogP contribution in [0.4, 0.5) is 0 Å². The molecule has 0 aliphatic rings. The maximum absolute atomic E-state index is 5.86. The number of nitrogens with one attached hydrogen (secondary N) is 1. The summed E-state index contributed by atoms with van der Waals surface area (Å²) in [4.78, 5) is 8.14. The van der Waals surface area contributed by atoms with Crippen molar-refractivity contribution in [1.82, 2.24) is 15.3 Å².